The molecule has 2 aliphatic rings. The largest absolute Gasteiger partial charge is 0.392 e. The molecule has 0 radical (unpaired) electrons. The van der Waals surface area contributed by atoms with Crippen molar-refractivity contribution in [3.8, 4) is 0 Å². The third-order valence-corrected chi connectivity index (χ3v) is 4.52. The zero-order valence-corrected chi connectivity index (χ0v) is 10.7. The molecule has 0 aromatic carbocycles. The molecule has 0 aromatic heterocycles. The van der Waals surface area contributed by atoms with Crippen LogP contribution in [0.1, 0.15) is 51.9 Å². The van der Waals surface area contributed by atoms with Crippen molar-refractivity contribution in [1.82, 2.24) is 4.90 Å². The highest BCUT2D eigenvalue weighted by Gasteiger charge is 2.25. The van der Waals surface area contributed by atoms with E-state index in [2.05, 4.69) is 11.8 Å². The maximum Gasteiger partial charge on any atom is 0.0695 e. The number of hydrogen-bond acceptors (Lipinski definition) is 2. The van der Waals surface area contributed by atoms with E-state index in [4.69, 9.17) is 0 Å². The number of aliphatic hydroxyl groups excluding tert-OH is 1. The Morgan fingerprint density at radius 2 is 1.69 bits per heavy atom. The molecular weight excluding hydrogens is 198 g/mol. The first-order valence-corrected chi connectivity index (χ1v) is 7.16. The summed E-state index contributed by atoms with van der Waals surface area (Å²) in [6.07, 6.45) is 9.13. The molecule has 2 nitrogen and oxygen atoms in total. The van der Waals surface area contributed by atoms with Gasteiger partial charge in [0.05, 0.1) is 6.10 Å². The zero-order chi connectivity index (χ0) is 11.4. The summed E-state index contributed by atoms with van der Waals surface area (Å²) < 4.78 is 0. The van der Waals surface area contributed by atoms with Gasteiger partial charge >= 0.3 is 0 Å². The van der Waals surface area contributed by atoms with Crippen molar-refractivity contribution in [2.24, 2.45) is 11.8 Å². The first-order valence-electron chi connectivity index (χ1n) is 7.16. The van der Waals surface area contributed by atoms with Crippen LogP contribution in [0.2, 0.25) is 0 Å². The third-order valence-electron chi connectivity index (χ3n) is 4.52. The Balaban J connectivity index is 1.71. The van der Waals surface area contributed by atoms with E-state index in [-0.39, 0.29) is 6.10 Å². The lowest BCUT2D eigenvalue weighted by Crippen LogP contribution is -2.41. The summed E-state index contributed by atoms with van der Waals surface area (Å²) in [5.41, 5.74) is 0. The number of β-amino-alcohol motifs (C(OH)–C–C–N with tert-alkyl or cyclic N) is 1. The molecular formula is C14H27NO. The molecule has 1 atom stereocenters. The van der Waals surface area contributed by atoms with Gasteiger partial charge in [-0.3, -0.25) is 0 Å². The van der Waals surface area contributed by atoms with Crippen molar-refractivity contribution in [3.05, 3.63) is 0 Å². The van der Waals surface area contributed by atoms with E-state index in [9.17, 15) is 5.11 Å². The third kappa shape index (κ3) is 3.46. The highest BCUT2D eigenvalue weighted by Crippen LogP contribution is 2.27. The van der Waals surface area contributed by atoms with E-state index in [0.29, 0.717) is 5.92 Å². The average Bonchev–Trinajstić information content (AvgIpc) is 2.33. The molecule has 1 N–H and O–H groups in total. The maximum atomic E-state index is 10.3. The van der Waals surface area contributed by atoms with Crippen LogP contribution in [0.15, 0.2) is 0 Å². The summed E-state index contributed by atoms with van der Waals surface area (Å²) in [7, 11) is 0. The molecule has 1 saturated carbocycles. The molecule has 0 amide bonds. The topological polar surface area (TPSA) is 23.5 Å². The number of nitrogens with zero attached hydrogens (tertiary/aromatic N) is 1. The van der Waals surface area contributed by atoms with E-state index in [1.165, 1.54) is 58.0 Å². The van der Waals surface area contributed by atoms with Gasteiger partial charge in [0, 0.05) is 6.54 Å². The fourth-order valence-electron chi connectivity index (χ4n) is 3.18. The van der Waals surface area contributed by atoms with Gasteiger partial charge in [-0.05, 0) is 50.6 Å². The Morgan fingerprint density at radius 1 is 1.06 bits per heavy atom. The summed E-state index contributed by atoms with van der Waals surface area (Å²) in [5.74, 6) is 1.48. The highest BCUT2D eigenvalue weighted by molar-refractivity contribution is 4.78. The molecule has 1 saturated heterocycles. The summed E-state index contributed by atoms with van der Waals surface area (Å²) in [5, 5.41) is 10.3. The molecule has 1 aliphatic heterocycles. The second-order valence-electron chi connectivity index (χ2n) is 5.95. The van der Waals surface area contributed by atoms with Crippen molar-refractivity contribution in [2.45, 2.75) is 58.0 Å². The molecule has 16 heavy (non-hydrogen) atoms. The first kappa shape index (κ1) is 12.4. The van der Waals surface area contributed by atoms with Gasteiger partial charge in [-0.2, -0.15) is 0 Å². The monoisotopic (exact) mass is 225 g/mol. The molecule has 1 aliphatic carbocycles. The Bertz CT molecular complexity index is 193. The molecule has 2 rings (SSSR count). The Hall–Kier alpha value is -0.0800. The Labute approximate surface area is 100 Å². The zero-order valence-electron chi connectivity index (χ0n) is 10.7. The van der Waals surface area contributed by atoms with E-state index < -0.39 is 0 Å². The van der Waals surface area contributed by atoms with Crippen LogP contribution in [0.25, 0.3) is 0 Å². The lowest BCUT2D eigenvalue weighted by Gasteiger charge is -2.34. The maximum absolute atomic E-state index is 10.3. The predicted molar refractivity (Wildman–Crippen MR) is 67.4 cm³/mol. The highest BCUT2D eigenvalue weighted by atomic mass is 16.3. The van der Waals surface area contributed by atoms with Crippen LogP contribution in [-0.4, -0.2) is 35.7 Å². The fraction of sp³-hybridized carbons (Fsp3) is 1.00. The molecule has 1 heterocycles. The molecule has 0 spiro atoms. The van der Waals surface area contributed by atoms with Crippen LogP contribution in [-0.2, 0) is 0 Å². The van der Waals surface area contributed by atoms with E-state index in [1.807, 2.05) is 0 Å². The number of rotatable bonds is 3. The second-order valence-corrected chi connectivity index (χ2v) is 5.95. The van der Waals surface area contributed by atoms with Gasteiger partial charge in [-0.1, -0.05) is 26.2 Å². The van der Waals surface area contributed by atoms with E-state index in [0.717, 1.165) is 12.5 Å². The van der Waals surface area contributed by atoms with Crippen molar-refractivity contribution >= 4 is 0 Å². The number of likely N-dealkylation sites (tertiary alicyclic amines) is 1. The van der Waals surface area contributed by atoms with Crippen LogP contribution in [0.5, 0.6) is 0 Å². The summed E-state index contributed by atoms with van der Waals surface area (Å²) in [4.78, 5) is 2.47. The minimum atomic E-state index is -0.0614. The van der Waals surface area contributed by atoms with E-state index >= 15 is 0 Å². The predicted octanol–water partition coefficient (Wildman–Crippen LogP) is 2.66. The van der Waals surface area contributed by atoms with Crippen LogP contribution >= 0.6 is 0 Å². The fourth-order valence-corrected chi connectivity index (χ4v) is 3.18. The average molecular weight is 225 g/mol. The van der Waals surface area contributed by atoms with Crippen LogP contribution in [0.4, 0.5) is 0 Å². The van der Waals surface area contributed by atoms with Crippen molar-refractivity contribution in [1.29, 1.82) is 0 Å². The lowest BCUT2D eigenvalue weighted by molar-refractivity contribution is 0.0374. The van der Waals surface area contributed by atoms with Crippen LogP contribution < -0.4 is 0 Å². The smallest absolute Gasteiger partial charge is 0.0695 e. The first-order chi connectivity index (χ1) is 7.75. The summed E-state index contributed by atoms with van der Waals surface area (Å²) in [6.45, 7) is 5.67. The number of hydrogen-bond donors (Lipinski definition) is 1. The minimum Gasteiger partial charge on any atom is -0.392 e. The van der Waals surface area contributed by atoms with Gasteiger partial charge in [-0.25, -0.2) is 0 Å². The molecule has 0 aromatic rings. The molecule has 2 fully saturated rings. The van der Waals surface area contributed by atoms with Crippen LogP contribution in [0.3, 0.4) is 0 Å². The number of aliphatic hydroxyl groups is 1. The SMILES string of the molecule is CC1CCN(CC(O)C2CCCCC2)CC1. The van der Waals surface area contributed by atoms with Crippen LogP contribution in [0, 0.1) is 11.8 Å². The molecule has 1 unspecified atom stereocenters. The number of piperidine rings is 1. The van der Waals surface area contributed by atoms with Gasteiger partial charge in [0.2, 0.25) is 0 Å². The second kappa shape index (κ2) is 6.02. The van der Waals surface area contributed by atoms with Crippen molar-refractivity contribution < 1.29 is 5.11 Å². The van der Waals surface area contributed by atoms with Crippen molar-refractivity contribution in [2.75, 3.05) is 19.6 Å². The van der Waals surface area contributed by atoms with E-state index in [1.54, 1.807) is 0 Å². The van der Waals surface area contributed by atoms with Gasteiger partial charge in [0.1, 0.15) is 0 Å². The molecule has 0 bridgehead atoms. The lowest BCUT2D eigenvalue weighted by atomic mass is 9.85. The molecule has 94 valence electrons. The quantitative estimate of drug-likeness (QED) is 0.798. The van der Waals surface area contributed by atoms with Gasteiger partial charge in [0.25, 0.3) is 0 Å². The standard InChI is InChI=1S/C14H27NO/c1-12-7-9-15(10-8-12)11-14(16)13-5-3-2-4-6-13/h12-14,16H,2-11H2,1H3. The Morgan fingerprint density at radius 3 is 2.31 bits per heavy atom. The summed E-state index contributed by atoms with van der Waals surface area (Å²) in [6, 6.07) is 0. The summed E-state index contributed by atoms with van der Waals surface area (Å²) >= 11 is 0. The Kier molecular flexibility index (Phi) is 4.66. The van der Waals surface area contributed by atoms with Gasteiger partial charge in [-0.15, -0.1) is 0 Å². The van der Waals surface area contributed by atoms with Gasteiger partial charge < -0.3 is 10.0 Å². The van der Waals surface area contributed by atoms with Gasteiger partial charge in [0.15, 0.2) is 0 Å². The normalized spacial score (nSPS) is 28.1. The van der Waals surface area contributed by atoms with Crippen molar-refractivity contribution in [3.63, 3.8) is 0 Å². The molecule has 2 heteroatoms. The minimum absolute atomic E-state index is 0.0614.